The summed E-state index contributed by atoms with van der Waals surface area (Å²) in [6, 6.07) is 20.9. The lowest BCUT2D eigenvalue weighted by Gasteiger charge is -2.38. The summed E-state index contributed by atoms with van der Waals surface area (Å²) in [4.78, 5) is 13.3. The molecule has 160 valence electrons. The van der Waals surface area contributed by atoms with Crippen molar-refractivity contribution >= 4 is 17.5 Å². The zero-order valence-corrected chi connectivity index (χ0v) is 18.7. The number of hydrogen-bond acceptors (Lipinski definition) is 3. The number of carbonyl (C=O) groups is 1. The summed E-state index contributed by atoms with van der Waals surface area (Å²) in [5, 5.41) is 3.67. The Morgan fingerprint density at radius 2 is 1.90 bits per heavy atom. The molecule has 0 spiro atoms. The smallest absolute Gasteiger partial charge is 0.255 e. The first-order chi connectivity index (χ1) is 14.8. The lowest BCUT2D eigenvalue weighted by molar-refractivity contribution is 0.0618. The molecule has 1 N–H and O–H groups in total. The number of carbonyl (C=O) groups excluding carboxylic acids is 1. The highest BCUT2D eigenvalue weighted by Crippen LogP contribution is 2.40. The van der Waals surface area contributed by atoms with Gasteiger partial charge in [-0.3, -0.25) is 4.79 Å². The maximum absolute atomic E-state index is 13.3. The molecule has 3 aromatic rings. The Kier molecular flexibility index (Phi) is 5.92. The van der Waals surface area contributed by atoms with Gasteiger partial charge < -0.3 is 14.8 Å². The van der Waals surface area contributed by atoms with Gasteiger partial charge in [-0.25, -0.2) is 0 Å². The van der Waals surface area contributed by atoms with Gasteiger partial charge in [-0.05, 0) is 50.6 Å². The molecule has 5 heteroatoms. The first-order valence-electron chi connectivity index (χ1n) is 10.4. The standard InChI is InChI=1S/C26H26ClNO3/c1-17-9-11-24-20(13-17)22(15-26(2,3)31-24)28-25(29)21-14-19(27)10-12-23(21)30-16-18-7-5-4-6-8-18/h4-14,22H,15-16H2,1-3H3,(H,28,29). The third-order valence-electron chi connectivity index (χ3n) is 5.35. The van der Waals surface area contributed by atoms with Gasteiger partial charge in [0.05, 0.1) is 11.6 Å². The van der Waals surface area contributed by atoms with E-state index >= 15 is 0 Å². The van der Waals surface area contributed by atoms with E-state index in [4.69, 9.17) is 21.1 Å². The summed E-state index contributed by atoms with van der Waals surface area (Å²) in [7, 11) is 0. The fraction of sp³-hybridized carbons (Fsp3) is 0.269. The molecule has 0 radical (unpaired) electrons. The number of halogens is 1. The average molecular weight is 436 g/mol. The first kappa shape index (κ1) is 21.3. The lowest BCUT2D eigenvalue weighted by atomic mass is 9.88. The normalized spacial score (nSPS) is 16.7. The van der Waals surface area contributed by atoms with Crippen LogP contribution in [0.1, 0.15) is 53.4 Å². The van der Waals surface area contributed by atoms with E-state index in [0.717, 1.165) is 22.4 Å². The van der Waals surface area contributed by atoms with Crippen LogP contribution in [0.15, 0.2) is 66.7 Å². The molecular formula is C26H26ClNO3. The number of rotatable bonds is 5. The van der Waals surface area contributed by atoms with E-state index in [0.29, 0.717) is 29.4 Å². The van der Waals surface area contributed by atoms with Crippen LogP contribution in [0.4, 0.5) is 0 Å². The van der Waals surface area contributed by atoms with Gasteiger partial charge in [0.15, 0.2) is 0 Å². The van der Waals surface area contributed by atoms with Crippen LogP contribution >= 0.6 is 11.6 Å². The van der Waals surface area contributed by atoms with E-state index in [-0.39, 0.29) is 17.6 Å². The summed E-state index contributed by atoms with van der Waals surface area (Å²) in [5.74, 6) is 1.08. The van der Waals surface area contributed by atoms with Gasteiger partial charge in [0.1, 0.15) is 23.7 Å². The summed E-state index contributed by atoms with van der Waals surface area (Å²) in [6.07, 6.45) is 0.663. The van der Waals surface area contributed by atoms with Gasteiger partial charge >= 0.3 is 0 Å². The first-order valence-corrected chi connectivity index (χ1v) is 10.8. The minimum absolute atomic E-state index is 0.174. The molecule has 1 aliphatic rings. The quantitative estimate of drug-likeness (QED) is 0.514. The Labute approximate surface area is 188 Å². The number of fused-ring (bicyclic) bond motifs is 1. The summed E-state index contributed by atoms with van der Waals surface area (Å²) >= 11 is 6.21. The van der Waals surface area contributed by atoms with Crippen molar-refractivity contribution in [2.75, 3.05) is 0 Å². The fourth-order valence-corrected chi connectivity index (χ4v) is 4.05. The van der Waals surface area contributed by atoms with Gasteiger partial charge in [-0.2, -0.15) is 0 Å². The van der Waals surface area contributed by atoms with E-state index in [2.05, 4.69) is 11.4 Å². The van der Waals surface area contributed by atoms with Crippen LogP contribution < -0.4 is 14.8 Å². The Bertz CT molecular complexity index is 1100. The van der Waals surface area contributed by atoms with Crippen LogP contribution in [0.5, 0.6) is 11.5 Å². The minimum Gasteiger partial charge on any atom is -0.488 e. The molecule has 0 fully saturated rings. The summed E-state index contributed by atoms with van der Waals surface area (Å²) in [5.41, 5.74) is 3.17. The molecule has 0 aliphatic carbocycles. The predicted octanol–water partition coefficient (Wildman–Crippen LogP) is 6.26. The molecular weight excluding hydrogens is 410 g/mol. The van der Waals surface area contributed by atoms with Crippen molar-refractivity contribution < 1.29 is 14.3 Å². The van der Waals surface area contributed by atoms with Crippen molar-refractivity contribution in [3.63, 3.8) is 0 Å². The molecule has 4 rings (SSSR count). The van der Waals surface area contributed by atoms with Crippen molar-refractivity contribution in [1.29, 1.82) is 0 Å². The molecule has 31 heavy (non-hydrogen) atoms. The lowest BCUT2D eigenvalue weighted by Crippen LogP contribution is -2.41. The Morgan fingerprint density at radius 3 is 2.68 bits per heavy atom. The molecule has 0 bridgehead atoms. The van der Waals surface area contributed by atoms with Gasteiger partial charge in [0, 0.05) is 17.0 Å². The molecule has 0 saturated heterocycles. The van der Waals surface area contributed by atoms with Crippen LogP contribution in [0.3, 0.4) is 0 Å². The van der Waals surface area contributed by atoms with E-state index < -0.39 is 0 Å². The van der Waals surface area contributed by atoms with Gasteiger partial charge in [-0.15, -0.1) is 0 Å². The Balaban J connectivity index is 1.59. The molecule has 3 aromatic carbocycles. The van der Waals surface area contributed by atoms with Crippen LogP contribution in [0.2, 0.25) is 5.02 Å². The second-order valence-electron chi connectivity index (χ2n) is 8.55. The molecule has 1 amide bonds. The van der Waals surface area contributed by atoms with Crippen molar-refractivity contribution in [2.24, 2.45) is 0 Å². The van der Waals surface area contributed by atoms with E-state index in [1.807, 2.05) is 63.2 Å². The zero-order valence-electron chi connectivity index (χ0n) is 17.9. The van der Waals surface area contributed by atoms with E-state index in [1.54, 1.807) is 18.2 Å². The number of aryl methyl sites for hydroxylation is 1. The van der Waals surface area contributed by atoms with Crippen molar-refractivity contribution in [1.82, 2.24) is 5.32 Å². The Hall–Kier alpha value is -2.98. The van der Waals surface area contributed by atoms with Crippen molar-refractivity contribution in [2.45, 2.75) is 45.4 Å². The van der Waals surface area contributed by atoms with Crippen molar-refractivity contribution in [3.8, 4) is 11.5 Å². The van der Waals surface area contributed by atoms with E-state index in [1.165, 1.54) is 0 Å². The number of benzene rings is 3. The maximum atomic E-state index is 13.3. The van der Waals surface area contributed by atoms with Crippen LogP contribution in [-0.2, 0) is 6.61 Å². The largest absolute Gasteiger partial charge is 0.488 e. The van der Waals surface area contributed by atoms with Crippen LogP contribution in [0, 0.1) is 6.92 Å². The molecule has 1 unspecified atom stereocenters. The third-order valence-corrected chi connectivity index (χ3v) is 5.59. The summed E-state index contributed by atoms with van der Waals surface area (Å²) < 4.78 is 12.1. The number of ether oxygens (including phenoxy) is 2. The zero-order chi connectivity index (χ0) is 22.0. The highest BCUT2D eigenvalue weighted by Gasteiger charge is 2.35. The topological polar surface area (TPSA) is 47.6 Å². The van der Waals surface area contributed by atoms with E-state index in [9.17, 15) is 4.79 Å². The van der Waals surface area contributed by atoms with Gasteiger partial charge in [0.25, 0.3) is 5.91 Å². The average Bonchev–Trinajstić information content (AvgIpc) is 2.73. The second kappa shape index (κ2) is 8.64. The molecule has 4 nitrogen and oxygen atoms in total. The van der Waals surface area contributed by atoms with Gasteiger partial charge in [0.2, 0.25) is 0 Å². The number of nitrogens with one attached hydrogen (secondary N) is 1. The number of amides is 1. The number of hydrogen-bond donors (Lipinski definition) is 1. The fourth-order valence-electron chi connectivity index (χ4n) is 3.88. The highest BCUT2D eigenvalue weighted by atomic mass is 35.5. The molecule has 0 aromatic heterocycles. The SMILES string of the molecule is Cc1ccc2c(c1)C(NC(=O)c1cc(Cl)ccc1OCc1ccccc1)CC(C)(C)O2. The summed E-state index contributed by atoms with van der Waals surface area (Å²) in [6.45, 7) is 6.46. The second-order valence-corrected chi connectivity index (χ2v) is 8.98. The highest BCUT2D eigenvalue weighted by molar-refractivity contribution is 6.31. The van der Waals surface area contributed by atoms with Crippen LogP contribution in [-0.4, -0.2) is 11.5 Å². The monoisotopic (exact) mass is 435 g/mol. The van der Waals surface area contributed by atoms with Crippen LogP contribution in [0.25, 0.3) is 0 Å². The Morgan fingerprint density at radius 1 is 1.13 bits per heavy atom. The maximum Gasteiger partial charge on any atom is 0.255 e. The third kappa shape index (κ3) is 5.02. The minimum atomic E-state index is -0.388. The molecule has 1 aliphatic heterocycles. The molecule has 1 heterocycles. The predicted molar refractivity (Wildman–Crippen MR) is 123 cm³/mol. The molecule has 1 atom stereocenters. The molecule has 0 saturated carbocycles. The van der Waals surface area contributed by atoms with Crippen molar-refractivity contribution in [3.05, 3.63) is 94.0 Å². The van der Waals surface area contributed by atoms with Gasteiger partial charge in [-0.1, -0.05) is 59.6 Å².